The normalized spacial score (nSPS) is 26.8. The van der Waals surface area contributed by atoms with E-state index in [0.29, 0.717) is 10.9 Å². The quantitative estimate of drug-likeness (QED) is 0.885. The Labute approximate surface area is 109 Å². The van der Waals surface area contributed by atoms with Crippen LogP contribution >= 0.6 is 11.6 Å². The number of pyridine rings is 1. The van der Waals surface area contributed by atoms with E-state index in [1.807, 2.05) is 12.1 Å². The second kappa shape index (κ2) is 5.83. The zero-order valence-electron chi connectivity index (χ0n) is 10.4. The molecule has 1 aromatic heterocycles. The van der Waals surface area contributed by atoms with E-state index in [4.69, 9.17) is 17.3 Å². The van der Waals surface area contributed by atoms with Crippen LogP contribution in [0, 0.1) is 11.8 Å². The summed E-state index contributed by atoms with van der Waals surface area (Å²) in [7, 11) is 0. The van der Waals surface area contributed by atoms with Gasteiger partial charge in [-0.2, -0.15) is 0 Å². The summed E-state index contributed by atoms with van der Waals surface area (Å²) in [4.78, 5) is 4.37. The van der Waals surface area contributed by atoms with Crippen molar-refractivity contribution in [1.29, 1.82) is 0 Å². The van der Waals surface area contributed by atoms with Gasteiger partial charge in [0.2, 0.25) is 0 Å². The Morgan fingerprint density at radius 1 is 1.41 bits per heavy atom. The minimum Gasteiger partial charge on any atom is -0.322 e. The van der Waals surface area contributed by atoms with E-state index in [0.717, 1.165) is 11.6 Å². The Morgan fingerprint density at radius 2 is 2.18 bits per heavy atom. The third-order valence-corrected chi connectivity index (χ3v) is 4.27. The van der Waals surface area contributed by atoms with Crippen LogP contribution in [0.15, 0.2) is 18.3 Å². The average molecular weight is 253 g/mol. The molecule has 0 amide bonds. The molecule has 1 heterocycles. The van der Waals surface area contributed by atoms with Crippen LogP contribution in [-0.2, 0) is 0 Å². The summed E-state index contributed by atoms with van der Waals surface area (Å²) in [5, 5.41) is 0.677. The number of hydrogen-bond acceptors (Lipinski definition) is 2. The fraction of sp³-hybridized carbons (Fsp3) is 0.643. The van der Waals surface area contributed by atoms with Crippen molar-refractivity contribution in [3.8, 4) is 0 Å². The third-order valence-electron chi connectivity index (χ3n) is 4.05. The van der Waals surface area contributed by atoms with Gasteiger partial charge in [-0.1, -0.05) is 44.2 Å². The van der Waals surface area contributed by atoms with Crippen LogP contribution in [-0.4, -0.2) is 4.98 Å². The van der Waals surface area contributed by atoms with Gasteiger partial charge in [0.05, 0.1) is 16.8 Å². The van der Waals surface area contributed by atoms with E-state index >= 15 is 0 Å². The lowest BCUT2D eigenvalue weighted by Crippen LogP contribution is -2.30. The zero-order chi connectivity index (χ0) is 12.3. The SMILES string of the molecule is CCC1CCCCC1C(N)c1ccc(Cl)cn1. The topological polar surface area (TPSA) is 38.9 Å². The van der Waals surface area contributed by atoms with Gasteiger partial charge in [-0.15, -0.1) is 0 Å². The van der Waals surface area contributed by atoms with Gasteiger partial charge in [-0.25, -0.2) is 0 Å². The summed E-state index contributed by atoms with van der Waals surface area (Å²) in [5.74, 6) is 1.35. The van der Waals surface area contributed by atoms with Gasteiger partial charge in [0, 0.05) is 6.20 Å². The van der Waals surface area contributed by atoms with Crippen LogP contribution in [0.3, 0.4) is 0 Å². The molecule has 1 aliphatic carbocycles. The molecule has 0 aliphatic heterocycles. The molecular weight excluding hydrogens is 232 g/mol. The van der Waals surface area contributed by atoms with Crippen molar-refractivity contribution < 1.29 is 0 Å². The maximum absolute atomic E-state index is 6.38. The minimum absolute atomic E-state index is 0.0671. The molecule has 2 rings (SSSR count). The van der Waals surface area contributed by atoms with Crippen molar-refractivity contribution in [2.45, 2.75) is 45.1 Å². The number of rotatable bonds is 3. The molecule has 94 valence electrons. The summed E-state index contributed by atoms with van der Waals surface area (Å²) in [6, 6.07) is 3.92. The molecule has 2 nitrogen and oxygen atoms in total. The summed E-state index contributed by atoms with van der Waals surface area (Å²) < 4.78 is 0. The minimum atomic E-state index is 0.0671. The molecule has 3 atom stereocenters. The molecule has 3 unspecified atom stereocenters. The van der Waals surface area contributed by atoms with Crippen LogP contribution < -0.4 is 5.73 Å². The van der Waals surface area contributed by atoms with Gasteiger partial charge in [0.15, 0.2) is 0 Å². The van der Waals surface area contributed by atoms with E-state index in [-0.39, 0.29) is 6.04 Å². The molecule has 0 saturated heterocycles. The Morgan fingerprint density at radius 3 is 2.82 bits per heavy atom. The molecule has 1 fully saturated rings. The van der Waals surface area contributed by atoms with Crippen LogP contribution in [0.25, 0.3) is 0 Å². The van der Waals surface area contributed by atoms with Crippen LogP contribution in [0.5, 0.6) is 0 Å². The highest BCUT2D eigenvalue weighted by molar-refractivity contribution is 6.30. The van der Waals surface area contributed by atoms with Crippen molar-refractivity contribution in [2.75, 3.05) is 0 Å². The van der Waals surface area contributed by atoms with Crippen molar-refractivity contribution >= 4 is 11.6 Å². The maximum Gasteiger partial charge on any atom is 0.0589 e. The zero-order valence-corrected chi connectivity index (χ0v) is 11.2. The van der Waals surface area contributed by atoms with E-state index in [2.05, 4.69) is 11.9 Å². The Kier molecular flexibility index (Phi) is 4.41. The Hall–Kier alpha value is -0.600. The largest absolute Gasteiger partial charge is 0.322 e. The smallest absolute Gasteiger partial charge is 0.0589 e. The third kappa shape index (κ3) is 2.99. The van der Waals surface area contributed by atoms with Crippen LogP contribution in [0.4, 0.5) is 0 Å². The lowest BCUT2D eigenvalue weighted by molar-refractivity contribution is 0.194. The van der Waals surface area contributed by atoms with Gasteiger partial charge >= 0.3 is 0 Å². The first-order valence-corrected chi connectivity index (χ1v) is 6.97. The second-order valence-corrected chi connectivity index (χ2v) is 5.48. The molecule has 0 bridgehead atoms. The van der Waals surface area contributed by atoms with Gasteiger partial charge in [0.25, 0.3) is 0 Å². The molecule has 0 radical (unpaired) electrons. The lowest BCUT2D eigenvalue weighted by Gasteiger charge is -2.34. The summed E-state index contributed by atoms with van der Waals surface area (Å²) in [6.07, 6.45) is 8.15. The molecule has 1 aliphatic rings. The van der Waals surface area contributed by atoms with Crippen molar-refractivity contribution in [3.63, 3.8) is 0 Å². The monoisotopic (exact) mass is 252 g/mol. The van der Waals surface area contributed by atoms with Crippen molar-refractivity contribution in [3.05, 3.63) is 29.0 Å². The first-order chi connectivity index (χ1) is 8.22. The first-order valence-electron chi connectivity index (χ1n) is 6.59. The van der Waals surface area contributed by atoms with Crippen LogP contribution in [0.2, 0.25) is 5.02 Å². The van der Waals surface area contributed by atoms with Crippen molar-refractivity contribution in [2.24, 2.45) is 17.6 Å². The van der Waals surface area contributed by atoms with Gasteiger partial charge in [0.1, 0.15) is 0 Å². The predicted molar refractivity (Wildman–Crippen MR) is 71.9 cm³/mol. The van der Waals surface area contributed by atoms with Gasteiger partial charge in [-0.05, 0) is 30.4 Å². The summed E-state index contributed by atoms with van der Waals surface area (Å²) in [6.45, 7) is 2.27. The highest BCUT2D eigenvalue weighted by Crippen LogP contribution is 2.38. The van der Waals surface area contributed by atoms with Crippen LogP contribution in [0.1, 0.15) is 50.8 Å². The summed E-state index contributed by atoms with van der Waals surface area (Å²) >= 11 is 5.85. The fourth-order valence-electron chi connectivity index (χ4n) is 3.02. The Bertz CT molecular complexity index is 350. The molecule has 0 spiro atoms. The number of hydrogen-bond donors (Lipinski definition) is 1. The number of halogens is 1. The molecule has 0 aromatic carbocycles. The molecular formula is C14H21ClN2. The summed E-state index contributed by atoms with van der Waals surface area (Å²) in [5.41, 5.74) is 7.37. The number of nitrogens with zero attached hydrogens (tertiary/aromatic N) is 1. The maximum atomic E-state index is 6.38. The Balaban J connectivity index is 2.12. The molecule has 1 saturated carbocycles. The van der Waals surface area contributed by atoms with E-state index < -0.39 is 0 Å². The first kappa shape index (κ1) is 12.8. The van der Waals surface area contributed by atoms with Gasteiger partial charge in [-0.3, -0.25) is 4.98 Å². The fourth-order valence-corrected chi connectivity index (χ4v) is 3.13. The lowest BCUT2D eigenvalue weighted by atomic mass is 9.73. The predicted octanol–water partition coefficient (Wildman–Crippen LogP) is 3.95. The average Bonchev–Trinajstić information content (AvgIpc) is 2.39. The highest BCUT2D eigenvalue weighted by atomic mass is 35.5. The molecule has 1 aromatic rings. The van der Waals surface area contributed by atoms with E-state index in [1.54, 1.807) is 6.20 Å². The molecule has 2 N–H and O–H groups in total. The van der Waals surface area contributed by atoms with E-state index in [1.165, 1.54) is 32.1 Å². The van der Waals surface area contributed by atoms with Gasteiger partial charge < -0.3 is 5.73 Å². The standard InChI is InChI=1S/C14H21ClN2/c1-2-10-5-3-4-6-12(10)14(16)13-8-7-11(15)9-17-13/h7-10,12,14H,2-6,16H2,1H3. The highest BCUT2D eigenvalue weighted by Gasteiger charge is 2.30. The van der Waals surface area contributed by atoms with Crippen molar-refractivity contribution in [1.82, 2.24) is 4.98 Å². The number of nitrogens with two attached hydrogens (primary N) is 1. The molecule has 3 heteroatoms. The number of aromatic nitrogens is 1. The van der Waals surface area contributed by atoms with E-state index in [9.17, 15) is 0 Å². The second-order valence-electron chi connectivity index (χ2n) is 5.04. The molecule has 17 heavy (non-hydrogen) atoms.